The van der Waals surface area contributed by atoms with Gasteiger partial charge in [-0.2, -0.15) is 10.2 Å². The molecule has 0 bridgehead atoms. The maximum absolute atomic E-state index is 13.1. The third-order valence-electron chi connectivity index (χ3n) is 5.89. The van der Waals surface area contributed by atoms with E-state index in [4.69, 9.17) is 14.2 Å². The van der Waals surface area contributed by atoms with Crippen LogP contribution in [0, 0.1) is 18.3 Å². The van der Waals surface area contributed by atoms with Gasteiger partial charge in [-0.1, -0.05) is 0 Å². The number of nitrogens with one attached hydrogen (secondary N) is 1. The molecule has 2 aliphatic rings. The number of imidazole rings is 1. The van der Waals surface area contributed by atoms with Crippen LogP contribution in [0.1, 0.15) is 18.4 Å². The van der Waals surface area contributed by atoms with Crippen molar-refractivity contribution in [1.29, 1.82) is 5.26 Å². The van der Waals surface area contributed by atoms with Crippen LogP contribution < -0.4 is 20.5 Å². The Balaban J connectivity index is 1.59. The van der Waals surface area contributed by atoms with E-state index in [1.54, 1.807) is 13.2 Å². The fourth-order valence-electron chi connectivity index (χ4n) is 4.10. The first-order valence-electron chi connectivity index (χ1n) is 10.1. The Morgan fingerprint density at radius 2 is 1.87 bits per heavy atom. The smallest absolute Gasteiger partial charge is 0.331 e. The van der Waals surface area contributed by atoms with Crippen LogP contribution in [0.4, 0.5) is 11.6 Å². The number of aromatic nitrogens is 4. The molecule has 1 aromatic carbocycles. The van der Waals surface area contributed by atoms with E-state index >= 15 is 0 Å². The van der Waals surface area contributed by atoms with Gasteiger partial charge in [0.25, 0.3) is 0 Å². The summed E-state index contributed by atoms with van der Waals surface area (Å²) in [5.74, 6) is 1.69. The Morgan fingerprint density at radius 1 is 1.16 bits per heavy atom. The van der Waals surface area contributed by atoms with Gasteiger partial charge in [0.2, 0.25) is 5.95 Å². The molecule has 0 amide bonds. The highest BCUT2D eigenvalue weighted by molar-refractivity contribution is 5.74. The molecule has 2 aliphatic heterocycles. The molecule has 4 heterocycles. The number of hydrogen-bond donors (Lipinski definition) is 1. The van der Waals surface area contributed by atoms with E-state index in [0.717, 1.165) is 11.3 Å². The lowest BCUT2D eigenvalue weighted by molar-refractivity contribution is 0.0448. The standard InChI is InChI=1S/C21H22N6O4/c1-13-9-16-17(31-8-7-30-16)10-14(13)24-19-23-11-15-18(25-19)27(20(28)26(15)2)21(12-22)3-5-29-6-4-21/h9-11H,3-8H2,1-2H3,(H,23,24,25). The average molecular weight is 422 g/mol. The van der Waals surface area contributed by atoms with Gasteiger partial charge in [-0.05, 0) is 18.6 Å². The van der Waals surface area contributed by atoms with Gasteiger partial charge in [0, 0.05) is 44.9 Å². The summed E-state index contributed by atoms with van der Waals surface area (Å²) >= 11 is 0. The Hall–Kier alpha value is -3.58. The van der Waals surface area contributed by atoms with Gasteiger partial charge in [0.15, 0.2) is 17.1 Å². The fourth-order valence-corrected chi connectivity index (χ4v) is 4.10. The van der Waals surface area contributed by atoms with E-state index in [0.29, 0.717) is 67.9 Å². The van der Waals surface area contributed by atoms with E-state index in [1.165, 1.54) is 9.13 Å². The second-order valence-corrected chi connectivity index (χ2v) is 7.77. The highest BCUT2D eigenvalue weighted by Crippen LogP contribution is 2.36. The Morgan fingerprint density at radius 3 is 2.58 bits per heavy atom. The number of nitriles is 1. The minimum Gasteiger partial charge on any atom is -0.486 e. The summed E-state index contributed by atoms with van der Waals surface area (Å²) < 4.78 is 19.7. The zero-order valence-corrected chi connectivity index (χ0v) is 17.3. The molecule has 31 heavy (non-hydrogen) atoms. The zero-order chi connectivity index (χ0) is 21.6. The van der Waals surface area contributed by atoms with Gasteiger partial charge in [0.1, 0.15) is 24.3 Å². The second-order valence-electron chi connectivity index (χ2n) is 7.77. The van der Waals surface area contributed by atoms with Crippen LogP contribution in [0.15, 0.2) is 23.1 Å². The quantitative estimate of drug-likeness (QED) is 0.681. The van der Waals surface area contributed by atoms with Crippen molar-refractivity contribution in [3.05, 3.63) is 34.4 Å². The molecule has 0 unspecified atom stereocenters. The molecule has 0 radical (unpaired) electrons. The number of benzene rings is 1. The Bertz CT molecular complexity index is 1270. The highest BCUT2D eigenvalue weighted by atomic mass is 16.6. The molecule has 160 valence electrons. The van der Waals surface area contributed by atoms with Crippen molar-refractivity contribution >= 4 is 22.8 Å². The minimum atomic E-state index is -0.993. The number of nitrogens with zero attached hydrogens (tertiary/aromatic N) is 5. The maximum Gasteiger partial charge on any atom is 0.331 e. The SMILES string of the molecule is Cc1cc2c(cc1Nc1ncc3c(n1)n(C1(C#N)CCOCC1)c(=O)n3C)OCCO2. The summed E-state index contributed by atoms with van der Waals surface area (Å²) in [7, 11) is 1.66. The van der Waals surface area contributed by atoms with Crippen molar-refractivity contribution in [1.82, 2.24) is 19.1 Å². The number of aryl methyl sites for hydroxylation is 2. The first-order valence-corrected chi connectivity index (χ1v) is 10.1. The van der Waals surface area contributed by atoms with Crippen molar-refractivity contribution in [2.45, 2.75) is 25.3 Å². The molecule has 0 atom stereocenters. The van der Waals surface area contributed by atoms with Gasteiger partial charge >= 0.3 is 5.69 Å². The van der Waals surface area contributed by atoms with Crippen molar-refractivity contribution in [2.75, 3.05) is 31.7 Å². The summed E-state index contributed by atoms with van der Waals surface area (Å²) in [6.45, 7) is 3.81. The van der Waals surface area contributed by atoms with Gasteiger partial charge < -0.3 is 19.5 Å². The molecular formula is C21H22N6O4. The van der Waals surface area contributed by atoms with Crippen molar-refractivity contribution in [3.63, 3.8) is 0 Å². The number of ether oxygens (including phenoxy) is 3. The van der Waals surface area contributed by atoms with Gasteiger partial charge in [-0.25, -0.2) is 9.78 Å². The molecule has 0 aliphatic carbocycles. The molecule has 0 saturated carbocycles. The average Bonchev–Trinajstić information content (AvgIpc) is 3.04. The van der Waals surface area contributed by atoms with E-state index in [2.05, 4.69) is 21.4 Å². The molecule has 2 aromatic heterocycles. The maximum atomic E-state index is 13.1. The molecular weight excluding hydrogens is 400 g/mol. The predicted molar refractivity (Wildman–Crippen MR) is 112 cm³/mol. The normalized spacial score (nSPS) is 17.3. The van der Waals surface area contributed by atoms with Crippen molar-refractivity contribution in [3.8, 4) is 17.6 Å². The molecule has 1 saturated heterocycles. The first-order chi connectivity index (χ1) is 15.0. The molecule has 10 nitrogen and oxygen atoms in total. The molecule has 5 rings (SSSR count). The van der Waals surface area contributed by atoms with Crippen LogP contribution >= 0.6 is 0 Å². The van der Waals surface area contributed by atoms with E-state index in [9.17, 15) is 10.1 Å². The first kappa shape index (κ1) is 19.4. The summed E-state index contributed by atoms with van der Waals surface area (Å²) in [5.41, 5.74) is 1.42. The number of rotatable bonds is 3. The second kappa shape index (κ2) is 7.28. The third kappa shape index (κ3) is 3.09. The lowest BCUT2D eigenvalue weighted by Crippen LogP contribution is -2.44. The molecule has 3 aromatic rings. The van der Waals surface area contributed by atoms with E-state index in [1.807, 2.05) is 19.1 Å². The Labute approximate surface area is 178 Å². The molecule has 0 spiro atoms. The van der Waals surface area contributed by atoms with Crippen molar-refractivity contribution in [2.24, 2.45) is 7.05 Å². The molecule has 1 N–H and O–H groups in total. The third-order valence-corrected chi connectivity index (χ3v) is 5.89. The monoisotopic (exact) mass is 422 g/mol. The van der Waals surface area contributed by atoms with Crippen LogP contribution in [0.25, 0.3) is 11.2 Å². The van der Waals surface area contributed by atoms with Gasteiger partial charge in [0.05, 0.1) is 12.3 Å². The lowest BCUT2D eigenvalue weighted by Gasteiger charge is -2.31. The highest BCUT2D eigenvalue weighted by Gasteiger charge is 2.38. The fraction of sp³-hybridized carbons (Fsp3) is 0.429. The number of hydrogen-bond acceptors (Lipinski definition) is 8. The van der Waals surface area contributed by atoms with Crippen LogP contribution in [0.3, 0.4) is 0 Å². The predicted octanol–water partition coefficient (Wildman–Crippen LogP) is 1.98. The Kier molecular flexibility index (Phi) is 4.55. The van der Waals surface area contributed by atoms with Crippen LogP contribution in [-0.4, -0.2) is 45.5 Å². The number of fused-ring (bicyclic) bond motifs is 2. The molecule has 1 fully saturated rings. The largest absolute Gasteiger partial charge is 0.486 e. The van der Waals surface area contributed by atoms with E-state index in [-0.39, 0.29) is 5.69 Å². The summed E-state index contributed by atoms with van der Waals surface area (Å²) in [4.78, 5) is 22.1. The van der Waals surface area contributed by atoms with Crippen LogP contribution in [-0.2, 0) is 17.3 Å². The lowest BCUT2D eigenvalue weighted by atomic mass is 9.91. The topological polar surface area (TPSA) is 116 Å². The van der Waals surface area contributed by atoms with Crippen molar-refractivity contribution < 1.29 is 14.2 Å². The minimum absolute atomic E-state index is 0.291. The zero-order valence-electron chi connectivity index (χ0n) is 17.3. The molecule has 10 heteroatoms. The van der Waals surface area contributed by atoms with Gasteiger partial charge in [-0.3, -0.25) is 9.13 Å². The van der Waals surface area contributed by atoms with E-state index < -0.39 is 5.54 Å². The number of anilines is 2. The summed E-state index contributed by atoms with van der Waals surface area (Å²) in [6, 6.07) is 6.11. The van der Waals surface area contributed by atoms with Gasteiger partial charge in [-0.15, -0.1) is 0 Å². The summed E-state index contributed by atoms with van der Waals surface area (Å²) in [5, 5.41) is 13.2. The van der Waals surface area contributed by atoms with Crippen LogP contribution in [0.2, 0.25) is 0 Å². The summed E-state index contributed by atoms with van der Waals surface area (Å²) in [6.07, 6.45) is 2.45. The van der Waals surface area contributed by atoms with Crippen LogP contribution in [0.5, 0.6) is 11.5 Å².